The van der Waals surface area contributed by atoms with Crippen molar-refractivity contribution in [2.75, 3.05) is 25.5 Å². The van der Waals surface area contributed by atoms with Crippen LogP contribution in [0.3, 0.4) is 0 Å². The van der Waals surface area contributed by atoms with Gasteiger partial charge in [-0.25, -0.2) is 0 Å². The van der Waals surface area contributed by atoms with Gasteiger partial charge in [0.25, 0.3) is 0 Å². The van der Waals surface area contributed by atoms with Crippen LogP contribution in [0.1, 0.15) is 12.0 Å². The van der Waals surface area contributed by atoms with Gasteiger partial charge in [0.2, 0.25) is 0 Å². The Labute approximate surface area is 98.6 Å². The first-order valence-corrected chi connectivity index (χ1v) is 5.29. The number of hydrogen-bond donors (Lipinski definition) is 1. The fourth-order valence-electron chi connectivity index (χ4n) is 1.51. The van der Waals surface area contributed by atoms with Crippen molar-refractivity contribution in [2.24, 2.45) is 0 Å². The fourth-order valence-corrected chi connectivity index (χ4v) is 1.51. The van der Waals surface area contributed by atoms with Crippen LogP contribution in [0.15, 0.2) is 18.5 Å². The predicted molar refractivity (Wildman–Crippen MR) is 60.9 cm³/mol. The lowest BCUT2D eigenvalue weighted by Gasteiger charge is -2.22. The van der Waals surface area contributed by atoms with E-state index in [0.29, 0.717) is 6.54 Å². The Hall–Kier alpha value is -1.30. The number of pyridine rings is 1. The third kappa shape index (κ3) is 4.60. The highest BCUT2D eigenvalue weighted by Gasteiger charge is 2.27. The molecule has 0 bridgehead atoms. The van der Waals surface area contributed by atoms with E-state index >= 15 is 0 Å². The number of rotatable bonds is 5. The first kappa shape index (κ1) is 13.8. The molecule has 6 heteroatoms. The molecule has 0 fully saturated rings. The number of anilines is 1. The Morgan fingerprint density at radius 1 is 1.41 bits per heavy atom. The minimum absolute atomic E-state index is 0.0636. The molecule has 1 heterocycles. The Balaban J connectivity index is 2.70. The Morgan fingerprint density at radius 3 is 2.71 bits per heavy atom. The van der Waals surface area contributed by atoms with Gasteiger partial charge in [-0.3, -0.25) is 4.98 Å². The van der Waals surface area contributed by atoms with E-state index in [-0.39, 0.29) is 6.54 Å². The monoisotopic (exact) mass is 247 g/mol. The molecule has 17 heavy (non-hydrogen) atoms. The van der Waals surface area contributed by atoms with Crippen LogP contribution in [0.4, 0.5) is 18.9 Å². The molecule has 3 nitrogen and oxygen atoms in total. The van der Waals surface area contributed by atoms with E-state index in [0.717, 1.165) is 11.3 Å². The van der Waals surface area contributed by atoms with Crippen molar-refractivity contribution in [2.45, 2.75) is 19.1 Å². The molecule has 1 aromatic heterocycles. The number of hydrogen-bond acceptors (Lipinski definition) is 3. The summed E-state index contributed by atoms with van der Waals surface area (Å²) in [7, 11) is 3.43. The predicted octanol–water partition coefficient (Wildman–Crippen LogP) is 2.19. The average molecular weight is 247 g/mol. The summed E-state index contributed by atoms with van der Waals surface area (Å²) in [5.41, 5.74) is 1.67. The molecule has 0 amide bonds. The molecule has 0 aliphatic heterocycles. The Kier molecular flexibility index (Phi) is 4.74. The molecule has 96 valence electrons. The van der Waals surface area contributed by atoms with Gasteiger partial charge in [-0.05, 0) is 18.7 Å². The molecule has 0 saturated carbocycles. The largest absolute Gasteiger partial charge is 0.390 e. The highest BCUT2D eigenvalue weighted by Crippen LogP contribution is 2.23. The van der Waals surface area contributed by atoms with Gasteiger partial charge >= 0.3 is 6.18 Å². The number of alkyl halides is 3. The number of halogens is 3. The van der Waals surface area contributed by atoms with Crippen LogP contribution in [0.2, 0.25) is 0 Å². The maximum atomic E-state index is 12.1. The Bertz CT molecular complexity index is 352. The maximum absolute atomic E-state index is 12.1. The minimum atomic E-state index is -4.13. The summed E-state index contributed by atoms with van der Waals surface area (Å²) in [4.78, 5) is 5.52. The van der Waals surface area contributed by atoms with Crippen molar-refractivity contribution in [3.05, 3.63) is 24.0 Å². The summed E-state index contributed by atoms with van der Waals surface area (Å²) in [5, 5.41) is 2.97. The quantitative estimate of drug-likeness (QED) is 0.864. The number of aromatic nitrogens is 1. The van der Waals surface area contributed by atoms with Crippen LogP contribution >= 0.6 is 0 Å². The molecule has 1 N–H and O–H groups in total. The van der Waals surface area contributed by atoms with E-state index in [1.165, 1.54) is 0 Å². The summed E-state index contributed by atoms with van der Waals surface area (Å²) in [6, 6.07) is 1.80. The summed E-state index contributed by atoms with van der Waals surface area (Å²) >= 11 is 0. The SMILES string of the molecule is CNCc1ccncc1N(C)CCC(F)(F)F. The highest BCUT2D eigenvalue weighted by atomic mass is 19.4. The van der Waals surface area contributed by atoms with E-state index in [4.69, 9.17) is 0 Å². The molecule has 0 aliphatic rings. The van der Waals surface area contributed by atoms with Crippen molar-refractivity contribution in [1.29, 1.82) is 0 Å². The molecule has 0 aromatic carbocycles. The topological polar surface area (TPSA) is 28.2 Å². The standard InChI is InChI=1S/C11H16F3N3/c1-15-7-9-3-5-16-8-10(9)17(2)6-4-11(12,13)14/h3,5,8,15H,4,6-7H2,1-2H3. The average Bonchev–Trinajstić information content (AvgIpc) is 2.26. The Morgan fingerprint density at radius 2 is 2.12 bits per heavy atom. The van der Waals surface area contributed by atoms with Gasteiger partial charge in [-0.1, -0.05) is 0 Å². The summed E-state index contributed by atoms with van der Waals surface area (Å²) < 4.78 is 36.4. The molecule has 0 unspecified atom stereocenters. The van der Waals surface area contributed by atoms with Crippen LogP contribution in [0.25, 0.3) is 0 Å². The number of nitrogens with one attached hydrogen (secondary N) is 1. The first-order valence-electron chi connectivity index (χ1n) is 5.29. The van der Waals surface area contributed by atoms with Crippen molar-refractivity contribution < 1.29 is 13.2 Å². The summed E-state index contributed by atoms with van der Waals surface area (Å²) in [5.74, 6) is 0. The second kappa shape index (κ2) is 5.86. The van der Waals surface area contributed by atoms with Crippen molar-refractivity contribution in [3.8, 4) is 0 Å². The van der Waals surface area contributed by atoms with Gasteiger partial charge in [0, 0.05) is 26.3 Å². The second-order valence-corrected chi connectivity index (χ2v) is 3.82. The van der Waals surface area contributed by atoms with Gasteiger partial charge in [0.15, 0.2) is 0 Å². The molecule has 1 aromatic rings. The molecule has 0 saturated heterocycles. The molecule has 0 aliphatic carbocycles. The fraction of sp³-hybridized carbons (Fsp3) is 0.545. The van der Waals surface area contributed by atoms with Crippen LogP contribution in [0.5, 0.6) is 0 Å². The van der Waals surface area contributed by atoms with Gasteiger partial charge in [0.05, 0.1) is 18.3 Å². The van der Waals surface area contributed by atoms with E-state index in [9.17, 15) is 13.2 Å². The molecular formula is C11H16F3N3. The maximum Gasteiger partial charge on any atom is 0.390 e. The van der Waals surface area contributed by atoms with Gasteiger partial charge < -0.3 is 10.2 Å². The van der Waals surface area contributed by atoms with E-state index in [1.54, 1.807) is 37.5 Å². The van der Waals surface area contributed by atoms with Crippen molar-refractivity contribution >= 4 is 5.69 Å². The van der Waals surface area contributed by atoms with Gasteiger partial charge in [-0.15, -0.1) is 0 Å². The zero-order valence-corrected chi connectivity index (χ0v) is 9.88. The highest BCUT2D eigenvalue weighted by molar-refractivity contribution is 5.50. The normalized spacial score (nSPS) is 11.6. The summed E-state index contributed by atoms with van der Waals surface area (Å²) in [6.45, 7) is 0.542. The van der Waals surface area contributed by atoms with Crippen LogP contribution in [0, 0.1) is 0 Å². The summed E-state index contributed by atoms with van der Waals surface area (Å²) in [6.07, 6.45) is -1.73. The molecular weight excluding hydrogens is 231 g/mol. The lowest BCUT2D eigenvalue weighted by molar-refractivity contribution is -0.132. The van der Waals surface area contributed by atoms with Crippen LogP contribution in [-0.2, 0) is 6.54 Å². The van der Waals surface area contributed by atoms with Crippen molar-refractivity contribution in [3.63, 3.8) is 0 Å². The zero-order chi connectivity index (χ0) is 12.9. The molecule has 0 spiro atoms. The van der Waals surface area contributed by atoms with Gasteiger partial charge in [0.1, 0.15) is 0 Å². The zero-order valence-electron chi connectivity index (χ0n) is 9.88. The molecule has 0 atom stereocenters. The molecule has 0 radical (unpaired) electrons. The lowest BCUT2D eigenvalue weighted by Crippen LogP contribution is -2.25. The van der Waals surface area contributed by atoms with Crippen LogP contribution < -0.4 is 10.2 Å². The van der Waals surface area contributed by atoms with E-state index in [1.807, 2.05) is 0 Å². The second-order valence-electron chi connectivity index (χ2n) is 3.82. The van der Waals surface area contributed by atoms with Crippen molar-refractivity contribution in [1.82, 2.24) is 10.3 Å². The smallest absolute Gasteiger partial charge is 0.373 e. The van der Waals surface area contributed by atoms with E-state index < -0.39 is 12.6 Å². The first-order chi connectivity index (χ1) is 7.94. The minimum Gasteiger partial charge on any atom is -0.373 e. The van der Waals surface area contributed by atoms with Gasteiger partial charge in [-0.2, -0.15) is 13.2 Å². The number of nitrogens with zero attached hydrogens (tertiary/aromatic N) is 2. The van der Waals surface area contributed by atoms with E-state index in [2.05, 4.69) is 10.3 Å². The third-order valence-electron chi connectivity index (χ3n) is 2.40. The molecule has 1 rings (SSSR count). The lowest BCUT2D eigenvalue weighted by atomic mass is 10.2. The third-order valence-corrected chi connectivity index (χ3v) is 2.40. The van der Waals surface area contributed by atoms with Crippen LogP contribution in [-0.4, -0.2) is 31.8 Å².